The minimum Gasteiger partial charge on any atom is -0.388 e. The molecule has 0 bridgehead atoms. The molecule has 0 aliphatic carbocycles. The SMILES string of the molecule is CC(N)=N[C@@H](C[C@@H]1CCC[C@@H](c2ccc(-n3cc4cc(-c5cc(CCC[C@H](C)N)cc(Cl)c5F)[nH]c4nc3=O)cc2)N1)CN1CCC1. The average Bonchev–Trinajstić information content (AvgIpc) is 3.42. The first-order valence-corrected chi connectivity index (χ1v) is 17.3. The van der Waals surface area contributed by atoms with Crippen LogP contribution in [0.5, 0.6) is 0 Å². The quantitative estimate of drug-likeness (QED) is 0.111. The van der Waals surface area contributed by atoms with E-state index in [4.69, 9.17) is 28.1 Å². The van der Waals surface area contributed by atoms with Gasteiger partial charge in [-0.3, -0.25) is 9.56 Å². The molecular weight excluding hydrogens is 615 g/mol. The Morgan fingerprint density at radius 1 is 1.17 bits per heavy atom. The molecule has 4 aromatic rings. The Labute approximate surface area is 280 Å². The van der Waals surface area contributed by atoms with Gasteiger partial charge >= 0.3 is 5.69 Å². The fraction of sp³-hybridized carbons (Fsp3) is 0.472. The van der Waals surface area contributed by atoms with E-state index in [-0.39, 0.29) is 23.1 Å². The summed E-state index contributed by atoms with van der Waals surface area (Å²) >= 11 is 6.28. The van der Waals surface area contributed by atoms with Gasteiger partial charge in [-0.25, -0.2) is 9.18 Å². The molecule has 47 heavy (non-hydrogen) atoms. The number of fused-ring (bicyclic) bond motifs is 1. The van der Waals surface area contributed by atoms with E-state index in [1.807, 2.05) is 32.0 Å². The number of benzene rings is 2. The highest BCUT2D eigenvalue weighted by molar-refractivity contribution is 6.31. The molecular formula is C36H46ClFN8O. The van der Waals surface area contributed by atoms with E-state index in [0.717, 1.165) is 75.8 Å². The number of nitrogens with two attached hydrogens (primary N) is 2. The standard InChI is InChI=1S/C36H46ClFN8O/c1-22(39)6-3-7-24-16-30(34(38)31(37)17-24)33-18-26-20-46(36(47)44-35(26)43-33)29-12-10-25(11-13-29)32-9-4-8-27(42-32)19-28(41-23(2)40)21-45-14-5-15-45/h10-13,16-18,20,22,27-28,32,42H,3-9,14-15,19,21,39H2,1-2H3,(H2,40,41)(H,43,44,47)/t22-,27-,28-,32-/m0/s1. The molecule has 2 fully saturated rings. The van der Waals surface area contributed by atoms with Gasteiger partial charge in [-0.2, -0.15) is 4.98 Å². The Balaban J connectivity index is 1.17. The van der Waals surface area contributed by atoms with E-state index < -0.39 is 11.5 Å². The van der Waals surface area contributed by atoms with Gasteiger partial charge in [0.25, 0.3) is 0 Å². The topological polar surface area (TPSA) is 130 Å². The zero-order valence-corrected chi connectivity index (χ0v) is 28.1. The summed E-state index contributed by atoms with van der Waals surface area (Å²) in [4.78, 5) is 27.8. The van der Waals surface area contributed by atoms with Gasteiger partial charge in [0.05, 0.1) is 28.3 Å². The number of nitrogens with one attached hydrogen (secondary N) is 2. The van der Waals surface area contributed by atoms with Crippen molar-refractivity contribution in [2.24, 2.45) is 16.5 Å². The third-order valence-corrected chi connectivity index (χ3v) is 9.70. The van der Waals surface area contributed by atoms with Crippen molar-refractivity contribution in [3.8, 4) is 16.9 Å². The molecule has 2 aliphatic heterocycles. The van der Waals surface area contributed by atoms with Gasteiger partial charge in [0.1, 0.15) is 5.65 Å². The minimum absolute atomic E-state index is 0.0639. The maximum atomic E-state index is 15.2. The van der Waals surface area contributed by atoms with Crippen LogP contribution in [-0.4, -0.2) is 63.0 Å². The van der Waals surface area contributed by atoms with Gasteiger partial charge in [0.15, 0.2) is 5.82 Å². The molecule has 0 saturated carbocycles. The zero-order valence-electron chi connectivity index (χ0n) is 27.3. The van der Waals surface area contributed by atoms with Crippen molar-refractivity contribution in [1.29, 1.82) is 0 Å². The molecule has 11 heteroatoms. The van der Waals surface area contributed by atoms with E-state index >= 15 is 4.39 Å². The summed E-state index contributed by atoms with van der Waals surface area (Å²) in [5, 5.41) is 4.62. The molecule has 2 saturated heterocycles. The summed E-state index contributed by atoms with van der Waals surface area (Å²) in [6, 6.07) is 14.3. The van der Waals surface area contributed by atoms with Gasteiger partial charge in [0, 0.05) is 41.8 Å². The van der Waals surface area contributed by atoms with Gasteiger partial charge < -0.3 is 26.7 Å². The van der Waals surface area contributed by atoms with E-state index in [0.29, 0.717) is 34.2 Å². The molecule has 6 rings (SSSR count). The predicted molar refractivity (Wildman–Crippen MR) is 189 cm³/mol. The lowest BCUT2D eigenvalue weighted by atomic mass is 9.90. The first-order valence-electron chi connectivity index (χ1n) is 16.9. The lowest BCUT2D eigenvalue weighted by molar-refractivity contribution is 0.161. The van der Waals surface area contributed by atoms with Crippen molar-refractivity contribution in [1.82, 2.24) is 24.8 Å². The molecule has 2 aromatic carbocycles. The van der Waals surface area contributed by atoms with Crippen LogP contribution in [0.4, 0.5) is 4.39 Å². The molecule has 2 aromatic heterocycles. The van der Waals surface area contributed by atoms with E-state index in [2.05, 4.69) is 32.3 Å². The number of halogens is 2. The maximum absolute atomic E-state index is 15.2. The van der Waals surface area contributed by atoms with Gasteiger partial charge in [-0.05, 0) is 113 Å². The van der Waals surface area contributed by atoms with Gasteiger partial charge in [-0.1, -0.05) is 30.2 Å². The van der Waals surface area contributed by atoms with Crippen molar-refractivity contribution in [2.75, 3.05) is 19.6 Å². The number of likely N-dealkylation sites (tertiary alicyclic amines) is 1. The second kappa shape index (κ2) is 14.7. The number of aliphatic imine (C=N–C) groups is 1. The van der Waals surface area contributed by atoms with E-state index in [9.17, 15) is 4.79 Å². The highest BCUT2D eigenvalue weighted by Crippen LogP contribution is 2.32. The summed E-state index contributed by atoms with van der Waals surface area (Å²) in [5.74, 6) is 0.138. The predicted octanol–water partition coefficient (Wildman–Crippen LogP) is 5.87. The second-order valence-corrected chi connectivity index (χ2v) is 13.8. The van der Waals surface area contributed by atoms with Crippen molar-refractivity contribution in [3.63, 3.8) is 0 Å². The number of aryl methyl sites for hydroxylation is 1. The molecule has 0 spiro atoms. The molecule has 6 N–H and O–H groups in total. The number of aromatic amines is 1. The van der Waals surface area contributed by atoms with Crippen molar-refractivity contribution >= 4 is 28.5 Å². The zero-order chi connectivity index (χ0) is 33.1. The maximum Gasteiger partial charge on any atom is 0.354 e. The van der Waals surface area contributed by atoms with Crippen molar-refractivity contribution < 1.29 is 4.39 Å². The number of rotatable bonds is 12. The van der Waals surface area contributed by atoms with Crippen LogP contribution in [0.25, 0.3) is 28.0 Å². The lowest BCUT2D eigenvalue weighted by Gasteiger charge is -2.36. The van der Waals surface area contributed by atoms with Crippen LogP contribution in [0, 0.1) is 5.82 Å². The number of nitrogens with zero attached hydrogens (tertiary/aromatic N) is 4. The molecule has 0 unspecified atom stereocenters. The Bertz CT molecular complexity index is 1770. The number of H-pyrrole nitrogens is 1. The van der Waals surface area contributed by atoms with Crippen LogP contribution >= 0.6 is 11.6 Å². The highest BCUT2D eigenvalue weighted by atomic mass is 35.5. The number of aromatic nitrogens is 3. The molecule has 2 aliphatic rings. The normalized spacial score (nSPS) is 20.3. The lowest BCUT2D eigenvalue weighted by Crippen LogP contribution is -2.45. The van der Waals surface area contributed by atoms with Crippen LogP contribution < -0.4 is 22.5 Å². The van der Waals surface area contributed by atoms with Crippen LogP contribution in [0.1, 0.15) is 76.0 Å². The number of hydrogen-bond donors (Lipinski definition) is 4. The van der Waals surface area contributed by atoms with Crippen LogP contribution in [-0.2, 0) is 6.42 Å². The Hall–Kier alpha value is -3.57. The van der Waals surface area contributed by atoms with Gasteiger partial charge in [-0.15, -0.1) is 0 Å². The monoisotopic (exact) mass is 660 g/mol. The summed E-state index contributed by atoms with van der Waals surface area (Å²) in [5.41, 5.74) is 15.6. The van der Waals surface area contributed by atoms with E-state index in [1.165, 1.54) is 16.6 Å². The highest BCUT2D eigenvalue weighted by Gasteiger charge is 2.27. The number of amidine groups is 1. The molecule has 4 atom stereocenters. The molecule has 250 valence electrons. The summed E-state index contributed by atoms with van der Waals surface area (Å²) < 4.78 is 16.7. The number of hydrogen-bond acceptors (Lipinski definition) is 6. The third-order valence-electron chi connectivity index (χ3n) is 9.43. The average molecular weight is 661 g/mol. The largest absolute Gasteiger partial charge is 0.388 e. The summed E-state index contributed by atoms with van der Waals surface area (Å²) in [6.07, 6.45) is 9.79. The number of piperidine rings is 1. The van der Waals surface area contributed by atoms with Crippen LogP contribution in [0.3, 0.4) is 0 Å². The van der Waals surface area contributed by atoms with Gasteiger partial charge in [0.2, 0.25) is 0 Å². The first kappa shape index (κ1) is 33.3. The Kier molecular flexibility index (Phi) is 10.4. The smallest absolute Gasteiger partial charge is 0.354 e. The Morgan fingerprint density at radius 2 is 1.96 bits per heavy atom. The summed E-state index contributed by atoms with van der Waals surface area (Å²) in [7, 11) is 0. The molecule has 9 nitrogen and oxygen atoms in total. The minimum atomic E-state index is -0.507. The van der Waals surface area contributed by atoms with E-state index in [1.54, 1.807) is 18.3 Å². The van der Waals surface area contributed by atoms with Crippen LogP contribution in [0.2, 0.25) is 5.02 Å². The van der Waals surface area contributed by atoms with Crippen molar-refractivity contribution in [2.45, 2.75) is 89.4 Å². The first-order chi connectivity index (χ1) is 22.6. The second-order valence-electron chi connectivity index (χ2n) is 13.4. The molecule has 0 radical (unpaired) electrons. The molecule has 0 amide bonds. The summed E-state index contributed by atoms with van der Waals surface area (Å²) in [6.45, 7) is 7.11. The van der Waals surface area contributed by atoms with Crippen LogP contribution in [0.15, 0.2) is 58.4 Å². The fourth-order valence-corrected chi connectivity index (χ4v) is 7.16. The molecule has 4 heterocycles. The third kappa shape index (κ3) is 8.12. The fourth-order valence-electron chi connectivity index (χ4n) is 6.92. The Morgan fingerprint density at radius 3 is 2.66 bits per heavy atom. The van der Waals surface area contributed by atoms with Crippen molar-refractivity contribution in [3.05, 3.63) is 81.1 Å².